The minimum atomic E-state index is -0.630. The summed E-state index contributed by atoms with van der Waals surface area (Å²) in [7, 11) is 0. The van der Waals surface area contributed by atoms with Crippen molar-refractivity contribution in [1.82, 2.24) is 0 Å². The topological polar surface area (TPSA) is 66.3 Å². The van der Waals surface area contributed by atoms with Crippen LogP contribution in [-0.4, -0.2) is 44.2 Å². The van der Waals surface area contributed by atoms with E-state index in [9.17, 15) is 4.79 Å². The van der Waals surface area contributed by atoms with Gasteiger partial charge in [0.1, 0.15) is 24.7 Å². The molecule has 1 atom stereocenters. The van der Waals surface area contributed by atoms with E-state index in [2.05, 4.69) is 5.16 Å². The molecule has 0 saturated carbocycles. The van der Waals surface area contributed by atoms with Crippen LogP contribution in [0.2, 0.25) is 0 Å². The van der Waals surface area contributed by atoms with E-state index in [0.717, 1.165) is 11.1 Å². The van der Waals surface area contributed by atoms with Crippen molar-refractivity contribution < 1.29 is 23.8 Å². The summed E-state index contributed by atoms with van der Waals surface area (Å²) in [5, 5.41) is 4.18. The summed E-state index contributed by atoms with van der Waals surface area (Å²) >= 11 is 0. The van der Waals surface area contributed by atoms with Crippen LogP contribution in [0, 0.1) is 0 Å². The Labute approximate surface area is 172 Å². The maximum Gasteiger partial charge on any atom is 0.335 e. The first kappa shape index (κ1) is 22.4. The van der Waals surface area contributed by atoms with E-state index in [1.54, 1.807) is 6.92 Å². The van der Waals surface area contributed by atoms with Crippen LogP contribution < -0.4 is 4.74 Å². The number of esters is 1. The van der Waals surface area contributed by atoms with Crippen molar-refractivity contribution in [1.29, 1.82) is 0 Å². The predicted molar refractivity (Wildman–Crippen MR) is 112 cm³/mol. The minimum absolute atomic E-state index is 0.264. The summed E-state index contributed by atoms with van der Waals surface area (Å²) in [6.07, 6.45) is -0.211. The van der Waals surface area contributed by atoms with E-state index in [4.69, 9.17) is 19.0 Å². The molecule has 0 radical (unpaired) electrons. The molecule has 0 aliphatic rings. The second-order valence-electron chi connectivity index (χ2n) is 6.16. The summed E-state index contributed by atoms with van der Waals surface area (Å²) in [4.78, 5) is 17.3. The van der Waals surface area contributed by atoms with Gasteiger partial charge in [-0.3, -0.25) is 0 Å². The van der Waals surface area contributed by atoms with Gasteiger partial charge in [0.15, 0.2) is 6.10 Å². The molecular weight excluding hydrogens is 370 g/mol. The van der Waals surface area contributed by atoms with Gasteiger partial charge in [-0.25, -0.2) is 4.79 Å². The number of hydrogen-bond acceptors (Lipinski definition) is 6. The first-order chi connectivity index (χ1) is 14.2. The van der Waals surface area contributed by atoms with E-state index < -0.39 is 6.10 Å². The zero-order chi connectivity index (χ0) is 20.9. The summed E-state index contributed by atoms with van der Waals surface area (Å²) in [6, 6.07) is 17.4. The van der Waals surface area contributed by atoms with Crippen molar-refractivity contribution in [3.05, 3.63) is 65.7 Å². The maximum absolute atomic E-state index is 12.1. The van der Waals surface area contributed by atoms with Crippen LogP contribution in [0.1, 0.15) is 31.9 Å². The Morgan fingerprint density at radius 2 is 1.76 bits per heavy atom. The first-order valence-corrected chi connectivity index (χ1v) is 9.92. The Kier molecular flexibility index (Phi) is 9.72. The summed E-state index contributed by atoms with van der Waals surface area (Å²) in [5.41, 5.74) is 2.57. The largest absolute Gasteiger partial charge is 0.487 e. The molecule has 0 spiro atoms. The monoisotopic (exact) mass is 399 g/mol. The maximum atomic E-state index is 12.1. The number of nitrogens with zero attached hydrogens (tertiary/aromatic N) is 1. The molecule has 0 N–H and O–H groups in total. The lowest BCUT2D eigenvalue weighted by atomic mass is 10.1. The number of rotatable bonds is 12. The van der Waals surface area contributed by atoms with Crippen molar-refractivity contribution in [2.24, 2.45) is 5.16 Å². The van der Waals surface area contributed by atoms with Gasteiger partial charge >= 0.3 is 5.97 Å². The van der Waals surface area contributed by atoms with Crippen molar-refractivity contribution in [2.75, 3.05) is 26.4 Å². The zero-order valence-electron chi connectivity index (χ0n) is 17.3. The minimum Gasteiger partial charge on any atom is -0.487 e. The fourth-order valence-corrected chi connectivity index (χ4v) is 2.71. The fraction of sp³-hybridized carbons (Fsp3) is 0.391. The highest BCUT2D eigenvalue weighted by molar-refractivity contribution is 6.01. The quantitative estimate of drug-likeness (QED) is 0.306. The highest BCUT2D eigenvalue weighted by Gasteiger charge is 2.20. The molecule has 6 nitrogen and oxygen atoms in total. The molecule has 0 aliphatic carbocycles. The summed E-state index contributed by atoms with van der Waals surface area (Å²) in [6.45, 7) is 7.03. The average molecular weight is 399 g/mol. The van der Waals surface area contributed by atoms with Crippen LogP contribution in [0.3, 0.4) is 0 Å². The van der Waals surface area contributed by atoms with Gasteiger partial charge in [0.05, 0.1) is 6.61 Å². The molecule has 0 bridgehead atoms. The predicted octanol–water partition coefficient (Wildman–Crippen LogP) is 4.02. The first-order valence-electron chi connectivity index (χ1n) is 9.92. The van der Waals surface area contributed by atoms with Gasteiger partial charge in [0.25, 0.3) is 0 Å². The highest BCUT2D eigenvalue weighted by atomic mass is 16.6. The molecule has 0 heterocycles. The van der Waals surface area contributed by atoms with Gasteiger partial charge in [-0.05, 0) is 38.5 Å². The third-order valence-electron chi connectivity index (χ3n) is 4.02. The van der Waals surface area contributed by atoms with Gasteiger partial charge in [0.2, 0.25) is 0 Å². The van der Waals surface area contributed by atoms with E-state index in [-0.39, 0.29) is 12.6 Å². The van der Waals surface area contributed by atoms with Crippen LogP contribution in [0.15, 0.2) is 59.8 Å². The molecule has 2 aromatic rings. The Hall–Kier alpha value is -2.86. The number of hydrogen-bond donors (Lipinski definition) is 0. The number of benzene rings is 2. The molecule has 0 aromatic heterocycles. The van der Waals surface area contributed by atoms with Crippen LogP contribution in [0.4, 0.5) is 0 Å². The van der Waals surface area contributed by atoms with Crippen molar-refractivity contribution in [3.8, 4) is 5.75 Å². The van der Waals surface area contributed by atoms with E-state index in [0.29, 0.717) is 37.7 Å². The third kappa shape index (κ3) is 7.58. The zero-order valence-corrected chi connectivity index (χ0v) is 17.3. The molecule has 0 fully saturated rings. The molecule has 2 aromatic carbocycles. The second kappa shape index (κ2) is 12.6. The van der Waals surface area contributed by atoms with E-state index in [1.807, 2.05) is 68.4 Å². The lowest BCUT2D eigenvalue weighted by molar-refractivity contribution is -0.156. The molecule has 2 rings (SSSR count). The number of carbonyl (C=O) groups is 1. The van der Waals surface area contributed by atoms with E-state index >= 15 is 0 Å². The van der Waals surface area contributed by atoms with Gasteiger partial charge in [-0.15, -0.1) is 0 Å². The average Bonchev–Trinajstić information content (AvgIpc) is 2.74. The van der Waals surface area contributed by atoms with Crippen LogP contribution in [-0.2, 0) is 25.5 Å². The molecular formula is C23H29NO5. The number of carbonyl (C=O) groups excluding carboxylic acids is 1. The van der Waals surface area contributed by atoms with Gasteiger partial charge < -0.3 is 19.0 Å². The fourth-order valence-electron chi connectivity index (χ4n) is 2.71. The third-order valence-corrected chi connectivity index (χ3v) is 4.02. The lowest BCUT2D eigenvalue weighted by Gasteiger charge is -2.16. The Bertz CT molecular complexity index is 776. The summed E-state index contributed by atoms with van der Waals surface area (Å²) < 4.78 is 16.6. The van der Waals surface area contributed by atoms with E-state index in [1.165, 1.54) is 0 Å². The van der Waals surface area contributed by atoms with Gasteiger partial charge in [0, 0.05) is 18.6 Å². The van der Waals surface area contributed by atoms with Crippen LogP contribution >= 0.6 is 0 Å². The Balaban J connectivity index is 2.07. The number of ether oxygens (including phenoxy) is 3. The molecule has 156 valence electrons. The molecule has 6 heteroatoms. The van der Waals surface area contributed by atoms with Crippen molar-refractivity contribution in [2.45, 2.75) is 33.3 Å². The Morgan fingerprint density at radius 1 is 0.966 bits per heavy atom. The molecule has 1 unspecified atom stereocenters. The van der Waals surface area contributed by atoms with Gasteiger partial charge in [-0.2, -0.15) is 0 Å². The molecule has 0 aliphatic heterocycles. The number of oxime groups is 1. The lowest BCUT2D eigenvalue weighted by Crippen LogP contribution is -2.29. The normalized spacial score (nSPS) is 12.3. The van der Waals surface area contributed by atoms with Crippen LogP contribution in [0.25, 0.3) is 0 Å². The van der Waals surface area contributed by atoms with Gasteiger partial charge in [-0.1, -0.05) is 47.6 Å². The van der Waals surface area contributed by atoms with Crippen molar-refractivity contribution >= 4 is 11.7 Å². The molecule has 0 amide bonds. The molecule has 29 heavy (non-hydrogen) atoms. The molecule has 0 saturated heterocycles. The smallest absolute Gasteiger partial charge is 0.335 e. The summed E-state index contributed by atoms with van der Waals surface area (Å²) in [5.74, 6) is 0.331. The van der Waals surface area contributed by atoms with Crippen molar-refractivity contribution in [3.63, 3.8) is 0 Å². The Morgan fingerprint density at radius 3 is 2.45 bits per heavy atom. The standard InChI is InChI=1S/C23H29NO5/c1-4-26-22(23(25)27-5-2)16-18-11-10-14-20(15-18)28-17-21(24-29-6-3)19-12-8-7-9-13-19/h7-15,22H,4-6,16-17H2,1-3H3. The highest BCUT2D eigenvalue weighted by Crippen LogP contribution is 2.17. The SMILES string of the molecule is CCON=C(COc1cccc(CC(OCC)C(=O)OCC)c1)c1ccccc1. The second-order valence-corrected chi connectivity index (χ2v) is 6.16. The van der Waals surface area contributed by atoms with Crippen LogP contribution in [0.5, 0.6) is 5.75 Å².